The van der Waals surface area contributed by atoms with Gasteiger partial charge in [-0.1, -0.05) is 35.3 Å². The van der Waals surface area contributed by atoms with E-state index in [0.717, 1.165) is 67.4 Å². The molecule has 0 aliphatic carbocycles. The van der Waals surface area contributed by atoms with Crippen LogP contribution in [-0.4, -0.2) is 82.5 Å². The number of rotatable bonds is 7. The van der Waals surface area contributed by atoms with Crippen molar-refractivity contribution in [3.8, 4) is 0 Å². The van der Waals surface area contributed by atoms with Crippen LogP contribution in [-0.2, 0) is 11.2 Å². The van der Waals surface area contributed by atoms with E-state index in [-0.39, 0.29) is 11.7 Å². The molecule has 6 nitrogen and oxygen atoms in total. The van der Waals surface area contributed by atoms with Gasteiger partial charge in [0.25, 0.3) is 0 Å². The summed E-state index contributed by atoms with van der Waals surface area (Å²) in [6.07, 6.45) is 11.6. The van der Waals surface area contributed by atoms with E-state index in [9.17, 15) is 4.79 Å². The van der Waals surface area contributed by atoms with E-state index in [2.05, 4.69) is 38.1 Å². The Hall–Kier alpha value is -1.48. The zero-order valence-corrected chi connectivity index (χ0v) is 25.2. The molecule has 3 fully saturated rings. The molecule has 3 saturated heterocycles. The number of carbonyl (C=O) groups excluding carboxylic acids is 1. The largest absolute Gasteiger partial charge is 0.365 e. The number of carbonyl (C=O) groups is 1. The van der Waals surface area contributed by atoms with Crippen LogP contribution >= 0.6 is 34.5 Å². The molecule has 2 bridgehead atoms. The maximum atomic E-state index is 13.6. The van der Waals surface area contributed by atoms with Gasteiger partial charge in [-0.3, -0.25) is 14.6 Å². The van der Waals surface area contributed by atoms with Crippen LogP contribution in [0.5, 0.6) is 0 Å². The summed E-state index contributed by atoms with van der Waals surface area (Å²) in [6.45, 7) is 5.48. The molecular formula is C30H39Cl2N5OS. The van der Waals surface area contributed by atoms with Crippen molar-refractivity contribution in [1.29, 1.82) is 0 Å². The van der Waals surface area contributed by atoms with Crippen molar-refractivity contribution >= 4 is 40.3 Å². The summed E-state index contributed by atoms with van der Waals surface area (Å²) in [5.74, 6) is 0.103. The van der Waals surface area contributed by atoms with Crippen molar-refractivity contribution in [2.24, 2.45) is 0 Å². The highest BCUT2D eigenvalue weighted by Gasteiger charge is 2.48. The van der Waals surface area contributed by atoms with E-state index >= 15 is 0 Å². The fourth-order valence-electron chi connectivity index (χ4n) is 7.60. The Kier molecular flexibility index (Phi) is 8.10. The first kappa shape index (κ1) is 27.7. The molecule has 0 amide bonds. The molecule has 4 aliphatic rings. The molecular weight excluding hydrogens is 549 g/mol. The number of nitrogens with zero attached hydrogens (tertiary/aromatic N) is 4. The fourth-order valence-corrected chi connectivity index (χ4v) is 8.90. The molecule has 6 rings (SSSR count). The Morgan fingerprint density at radius 2 is 1.77 bits per heavy atom. The molecule has 9 heteroatoms. The van der Waals surface area contributed by atoms with Crippen molar-refractivity contribution < 1.29 is 4.79 Å². The number of aryl methyl sites for hydroxylation is 1. The Morgan fingerprint density at radius 3 is 2.38 bits per heavy atom. The van der Waals surface area contributed by atoms with Gasteiger partial charge in [0.15, 0.2) is 11.4 Å². The van der Waals surface area contributed by atoms with Crippen molar-refractivity contribution in [1.82, 2.24) is 25.0 Å². The SMILES string of the molecule is CC(=O)C1(N2CCN(C3C[C@H]4CC[C@@H](C3)N4C)CC2)CC(c2c(Cl)cccc2Cl)C=C(CCc2nccs2)N1. The molecule has 5 atom stereocenters. The van der Waals surface area contributed by atoms with Gasteiger partial charge in [-0.25, -0.2) is 4.98 Å². The van der Waals surface area contributed by atoms with Gasteiger partial charge in [-0.2, -0.15) is 0 Å². The summed E-state index contributed by atoms with van der Waals surface area (Å²) in [4.78, 5) is 25.8. The topological polar surface area (TPSA) is 51.7 Å². The van der Waals surface area contributed by atoms with Gasteiger partial charge < -0.3 is 10.2 Å². The van der Waals surface area contributed by atoms with E-state index < -0.39 is 5.66 Å². The molecule has 0 spiro atoms. The van der Waals surface area contributed by atoms with E-state index in [4.69, 9.17) is 23.2 Å². The van der Waals surface area contributed by atoms with Gasteiger partial charge in [-0.15, -0.1) is 11.3 Å². The van der Waals surface area contributed by atoms with Crippen LogP contribution in [0.4, 0.5) is 0 Å². The number of piperazine rings is 1. The molecule has 2 aromatic rings. The second-order valence-electron chi connectivity index (χ2n) is 11.8. The van der Waals surface area contributed by atoms with Gasteiger partial charge in [0, 0.05) is 90.4 Å². The van der Waals surface area contributed by atoms with Crippen molar-refractivity contribution in [3.05, 3.63) is 62.2 Å². The average molecular weight is 589 g/mol. The Labute approximate surface area is 246 Å². The number of fused-ring (bicyclic) bond motifs is 2. The van der Waals surface area contributed by atoms with E-state index in [1.807, 2.05) is 29.8 Å². The number of ketones is 1. The maximum Gasteiger partial charge on any atom is 0.170 e. The van der Waals surface area contributed by atoms with Crippen LogP contribution < -0.4 is 5.32 Å². The number of halogens is 2. The number of allylic oxidation sites excluding steroid dienone is 2. The monoisotopic (exact) mass is 587 g/mol. The van der Waals surface area contributed by atoms with Crippen LogP contribution in [0.3, 0.4) is 0 Å². The molecule has 4 aliphatic heterocycles. The number of hydrogen-bond donors (Lipinski definition) is 1. The first-order chi connectivity index (χ1) is 18.8. The third-order valence-electron chi connectivity index (χ3n) is 9.77. The third kappa shape index (κ3) is 5.43. The summed E-state index contributed by atoms with van der Waals surface area (Å²) in [5.41, 5.74) is 1.21. The predicted octanol–water partition coefficient (Wildman–Crippen LogP) is 5.57. The fraction of sp³-hybridized carbons (Fsp3) is 0.600. The lowest BCUT2D eigenvalue weighted by Gasteiger charge is -2.52. The van der Waals surface area contributed by atoms with Crippen molar-refractivity contribution in [2.45, 2.75) is 81.6 Å². The van der Waals surface area contributed by atoms with Crippen LogP contribution in [0, 0.1) is 0 Å². The Bertz CT molecular complexity index is 1180. The van der Waals surface area contributed by atoms with Crippen molar-refractivity contribution in [2.75, 3.05) is 33.2 Å². The first-order valence-electron chi connectivity index (χ1n) is 14.4. The minimum atomic E-state index is -0.780. The molecule has 1 aromatic heterocycles. The molecule has 1 N–H and O–H groups in total. The molecule has 5 heterocycles. The summed E-state index contributed by atoms with van der Waals surface area (Å²) < 4.78 is 0. The number of thiazole rings is 1. The highest BCUT2D eigenvalue weighted by atomic mass is 35.5. The Morgan fingerprint density at radius 1 is 1.08 bits per heavy atom. The normalized spacial score (nSPS) is 32.2. The lowest BCUT2D eigenvalue weighted by atomic mass is 9.81. The van der Waals surface area contributed by atoms with Gasteiger partial charge >= 0.3 is 0 Å². The van der Waals surface area contributed by atoms with Gasteiger partial charge in [0.05, 0.1) is 5.01 Å². The quantitative estimate of drug-likeness (QED) is 0.457. The lowest BCUT2D eigenvalue weighted by Crippen LogP contribution is -2.69. The number of aromatic nitrogens is 1. The van der Waals surface area contributed by atoms with Gasteiger partial charge in [0.1, 0.15) is 0 Å². The number of Topliss-reactive ketones (excluding diaryl/α,β-unsaturated/α-hetero) is 1. The summed E-state index contributed by atoms with van der Waals surface area (Å²) in [5, 5.41) is 8.19. The van der Waals surface area contributed by atoms with Gasteiger partial charge in [-0.05, 0) is 63.8 Å². The van der Waals surface area contributed by atoms with Crippen LogP contribution in [0.1, 0.15) is 61.9 Å². The second kappa shape index (κ2) is 11.4. The number of benzene rings is 1. The number of piperidine rings is 1. The van der Waals surface area contributed by atoms with Crippen LogP contribution in [0.2, 0.25) is 10.0 Å². The lowest BCUT2D eigenvalue weighted by molar-refractivity contribution is -0.134. The highest BCUT2D eigenvalue weighted by Crippen LogP contribution is 2.43. The maximum absolute atomic E-state index is 13.6. The zero-order valence-electron chi connectivity index (χ0n) is 22.9. The molecule has 210 valence electrons. The van der Waals surface area contributed by atoms with E-state index in [1.54, 1.807) is 18.3 Å². The predicted molar refractivity (Wildman–Crippen MR) is 160 cm³/mol. The minimum absolute atomic E-state index is 0.0508. The number of nitrogens with one attached hydrogen (secondary N) is 1. The third-order valence-corrected chi connectivity index (χ3v) is 11.3. The standard InChI is InChI=1S/C30H39Cl2N5OS/c1-20(38)30(37-13-11-36(12-14-37)25-17-23-7-8-24(18-25)35(23)2)19-21(29-26(31)4-3-5-27(29)32)16-22(34-30)6-9-28-33-10-15-39-28/h3-5,10,15-16,21,23-25,34H,6-9,11-14,17-19H2,1-2H3/t21?,23-,24+,25?,30?. The summed E-state index contributed by atoms with van der Waals surface area (Å²) in [6, 6.07) is 7.82. The van der Waals surface area contributed by atoms with Crippen LogP contribution in [0.15, 0.2) is 41.5 Å². The van der Waals surface area contributed by atoms with E-state index in [1.165, 1.54) is 25.7 Å². The second-order valence-corrected chi connectivity index (χ2v) is 13.6. The Balaban J connectivity index is 1.24. The number of hydrogen-bond acceptors (Lipinski definition) is 7. The first-order valence-corrected chi connectivity index (χ1v) is 16.0. The molecule has 39 heavy (non-hydrogen) atoms. The average Bonchev–Trinajstić information content (AvgIpc) is 3.50. The molecule has 0 radical (unpaired) electrons. The smallest absolute Gasteiger partial charge is 0.170 e. The molecule has 0 saturated carbocycles. The molecule has 3 unspecified atom stereocenters. The van der Waals surface area contributed by atoms with Gasteiger partial charge in [0.2, 0.25) is 0 Å². The van der Waals surface area contributed by atoms with Crippen LogP contribution in [0.25, 0.3) is 0 Å². The van der Waals surface area contributed by atoms with E-state index in [0.29, 0.717) is 22.5 Å². The highest BCUT2D eigenvalue weighted by molar-refractivity contribution is 7.09. The molecule has 1 aromatic carbocycles. The minimum Gasteiger partial charge on any atom is -0.365 e. The summed E-state index contributed by atoms with van der Waals surface area (Å²) in [7, 11) is 2.31. The van der Waals surface area contributed by atoms with Crippen molar-refractivity contribution in [3.63, 3.8) is 0 Å². The summed E-state index contributed by atoms with van der Waals surface area (Å²) >= 11 is 15.1. The zero-order chi connectivity index (χ0) is 27.1.